The third-order valence-corrected chi connectivity index (χ3v) is 3.24. The van der Waals surface area contributed by atoms with Gasteiger partial charge < -0.3 is 9.80 Å². The molecule has 1 fully saturated rings. The van der Waals surface area contributed by atoms with E-state index in [1.165, 1.54) is 19.3 Å². The van der Waals surface area contributed by atoms with Gasteiger partial charge in [0.15, 0.2) is 0 Å². The van der Waals surface area contributed by atoms with Crippen LogP contribution in [0.15, 0.2) is 0 Å². The van der Waals surface area contributed by atoms with E-state index in [9.17, 15) is 0 Å². The number of hydrogen-bond acceptors (Lipinski definition) is 7. The van der Waals surface area contributed by atoms with Crippen LogP contribution in [0.4, 0.5) is 17.8 Å². The molecule has 0 bridgehead atoms. The van der Waals surface area contributed by atoms with E-state index in [1.807, 2.05) is 26.0 Å². The van der Waals surface area contributed by atoms with Crippen molar-refractivity contribution in [1.82, 2.24) is 15.0 Å². The van der Waals surface area contributed by atoms with E-state index in [-0.39, 0.29) is 0 Å². The fraction of sp³-hybridized carbons (Fsp3) is 0.727. The van der Waals surface area contributed by atoms with Crippen molar-refractivity contribution in [2.24, 2.45) is 11.8 Å². The predicted molar refractivity (Wildman–Crippen MR) is 72.6 cm³/mol. The van der Waals surface area contributed by atoms with Crippen LogP contribution >= 0.6 is 0 Å². The molecule has 0 spiro atoms. The van der Waals surface area contributed by atoms with Crippen molar-refractivity contribution >= 4 is 17.8 Å². The molecule has 1 aromatic rings. The highest BCUT2D eigenvalue weighted by Gasteiger charge is 2.21. The number of rotatable bonds is 5. The van der Waals surface area contributed by atoms with Crippen molar-refractivity contribution < 1.29 is 0 Å². The molecule has 0 aliphatic heterocycles. The minimum atomic E-state index is 0.393. The summed E-state index contributed by atoms with van der Waals surface area (Å²) in [6.07, 6.45) is 3.95. The number of nitrogens with two attached hydrogens (primary N) is 1. The number of hydrazine groups is 1. The maximum Gasteiger partial charge on any atom is 0.243 e. The molecule has 1 aliphatic carbocycles. The molecule has 1 saturated carbocycles. The number of nitrogens with zero attached hydrogens (tertiary/aromatic N) is 5. The zero-order valence-electron chi connectivity index (χ0n) is 11.2. The highest BCUT2D eigenvalue weighted by atomic mass is 15.4. The van der Waals surface area contributed by atoms with E-state index >= 15 is 0 Å². The van der Waals surface area contributed by atoms with Crippen LogP contribution in [0.25, 0.3) is 0 Å². The molecule has 0 unspecified atom stereocenters. The molecule has 18 heavy (non-hydrogen) atoms. The molecule has 2 rings (SSSR count). The number of nitrogens with one attached hydrogen (secondary N) is 1. The molecule has 3 N–H and O–H groups in total. The Morgan fingerprint density at radius 1 is 1.17 bits per heavy atom. The Morgan fingerprint density at radius 3 is 2.33 bits per heavy atom. The molecule has 0 atom stereocenters. The average molecular weight is 251 g/mol. The van der Waals surface area contributed by atoms with Gasteiger partial charge in [-0.15, -0.1) is 0 Å². The first-order valence-corrected chi connectivity index (χ1v) is 6.21. The molecule has 1 heterocycles. The Hall–Kier alpha value is -1.63. The Morgan fingerprint density at radius 2 is 1.83 bits per heavy atom. The summed E-state index contributed by atoms with van der Waals surface area (Å²) in [5.74, 6) is 7.81. The Labute approximate surface area is 107 Å². The fourth-order valence-corrected chi connectivity index (χ4v) is 1.93. The van der Waals surface area contributed by atoms with Gasteiger partial charge in [-0.05, 0) is 18.8 Å². The smallest absolute Gasteiger partial charge is 0.243 e. The zero-order chi connectivity index (χ0) is 13.1. The minimum absolute atomic E-state index is 0.393. The van der Waals surface area contributed by atoms with Gasteiger partial charge in [-0.1, -0.05) is 6.42 Å². The second-order valence-electron chi connectivity index (χ2n) is 4.98. The van der Waals surface area contributed by atoms with Crippen LogP contribution in [0.1, 0.15) is 19.3 Å². The molecular formula is C11H21N7. The van der Waals surface area contributed by atoms with E-state index < -0.39 is 0 Å². The lowest BCUT2D eigenvalue weighted by Crippen LogP contribution is -2.31. The van der Waals surface area contributed by atoms with Crippen LogP contribution in [0.5, 0.6) is 0 Å². The summed E-state index contributed by atoms with van der Waals surface area (Å²) in [6.45, 7) is 0.987. The van der Waals surface area contributed by atoms with Crippen LogP contribution in [0.3, 0.4) is 0 Å². The first-order valence-electron chi connectivity index (χ1n) is 6.21. The summed E-state index contributed by atoms with van der Waals surface area (Å²) in [6, 6.07) is 0. The van der Waals surface area contributed by atoms with Gasteiger partial charge in [0.05, 0.1) is 0 Å². The summed E-state index contributed by atoms with van der Waals surface area (Å²) in [7, 11) is 5.80. The topological polar surface area (TPSA) is 83.2 Å². The van der Waals surface area contributed by atoms with Crippen molar-refractivity contribution in [3.05, 3.63) is 0 Å². The molecule has 0 radical (unpaired) electrons. The van der Waals surface area contributed by atoms with E-state index in [0.717, 1.165) is 12.5 Å². The standard InChI is InChI=1S/C11H21N7/c1-17(2)10-13-9(16-12)14-11(15-10)18(3)7-8-5-4-6-8/h8H,4-7,12H2,1-3H3,(H,13,14,15,16). The molecule has 0 aromatic carbocycles. The molecule has 7 heteroatoms. The zero-order valence-corrected chi connectivity index (χ0v) is 11.2. The second-order valence-corrected chi connectivity index (χ2v) is 4.98. The van der Waals surface area contributed by atoms with Gasteiger partial charge in [-0.3, -0.25) is 5.43 Å². The molecule has 1 aromatic heterocycles. The molecular weight excluding hydrogens is 230 g/mol. The Kier molecular flexibility index (Phi) is 3.81. The van der Waals surface area contributed by atoms with Gasteiger partial charge >= 0.3 is 0 Å². The van der Waals surface area contributed by atoms with Crippen LogP contribution in [0.2, 0.25) is 0 Å². The Bertz CT molecular complexity index is 402. The predicted octanol–water partition coefficient (Wildman–Crippen LogP) is 0.459. The number of anilines is 3. The van der Waals surface area contributed by atoms with Gasteiger partial charge in [0.1, 0.15) is 0 Å². The van der Waals surface area contributed by atoms with Crippen molar-refractivity contribution in [3.63, 3.8) is 0 Å². The Balaban J connectivity index is 2.16. The summed E-state index contributed by atoms with van der Waals surface area (Å²) < 4.78 is 0. The summed E-state index contributed by atoms with van der Waals surface area (Å²) in [4.78, 5) is 16.8. The minimum Gasteiger partial charge on any atom is -0.347 e. The molecule has 0 saturated heterocycles. The first kappa shape index (κ1) is 12.8. The van der Waals surface area contributed by atoms with Crippen molar-refractivity contribution in [3.8, 4) is 0 Å². The van der Waals surface area contributed by atoms with Gasteiger partial charge in [0, 0.05) is 27.7 Å². The lowest BCUT2D eigenvalue weighted by molar-refractivity contribution is 0.320. The van der Waals surface area contributed by atoms with E-state index in [0.29, 0.717) is 17.8 Å². The second kappa shape index (κ2) is 5.34. The summed E-state index contributed by atoms with van der Waals surface area (Å²) in [5.41, 5.74) is 2.48. The quantitative estimate of drug-likeness (QED) is 0.581. The SMILES string of the molecule is CN(C)c1nc(NN)nc(N(C)CC2CCC2)n1. The largest absolute Gasteiger partial charge is 0.347 e. The summed E-state index contributed by atoms with van der Waals surface area (Å²) >= 11 is 0. The van der Waals surface area contributed by atoms with Gasteiger partial charge in [-0.25, -0.2) is 5.84 Å². The lowest BCUT2D eigenvalue weighted by atomic mass is 9.85. The van der Waals surface area contributed by atoms with Gasteiger partial charge in [0.25, 0.3) is 0 Å². The molecule has 7 nitrogen and oxygen atoms in total. The van der Waals surface area contributed by atoms with Crippen molar-refractivity contribution in [2.45, 2.75) is 19.3 Å². The average Bonchev–Trinajstić information content (AvgIpc) is 2.32. The maximum absolute atomic E-state index is 5.39. The fourth-order valence-electron chi connectivity index (χ4n) is 1.93. The lowest BCUT2D eigenvalue weighted by Gasteiger charge is -2.30. The summed E-state index contributed by atoms with van der Waals surface area (Å²) in [5, 5.41) is 0. The monoisotopic (exact) mass is 251 g/mol. The van der Waals surface area contributed by atoms with Crippen LogP contribution in [-0.2, 0) is 0 Å². The highest BCUT2D eigenvalue weighted by molar-refractivity contribution is 5.43. The van der Waals surface area contributed by atoms with Crippen LogP contribution in [0, 0.1) is 5.92 Å². The van der Waals surface area contributed by atoms with E-state index in [2.05, 4.69) is 25.3 Å². The number of hydrogen-bond donors (Lipinski definition) is 2. The van der Waals surface area contributed by atoms with Gasteiger partial charge in [0.2, 0.25) is 17.8 Å². The third kappa shape index (κ3) is 2.79. The molecule has 0 amide bonds. The van der Waals surface area contributed by atoms with Gasteiger partial charge in [-0.2, -0.15) is 15.0 Å². The maximum atomic E-state index is 5.39. The number of nitrogen functional groups attached to an aromatic ring is 1. The van der Waals surface area contributed by atoms with E-state index in [1.54, 1.807) is 0 Å². The first-order chi connectivity index (χ1) is 8.60. The van der Waals surface area contributed by atoms with Crippen molar-refractivity contribution in [1.29, 1.82) is 0 Å². The van der Waals surface area contributed by atoms with Crippen LogP contribution < -0.4 is 21.1 Å². The van der Waals surface area contributed by atoms with E-state index in [4.69, 9.17) is 5.84 Å². The molecule has 100 valence electrons. The molecule has 1 aliphatic rings. The number of aromatic nitrogens is 3. The normalized spacial score (nSPS) is 15.1. The third-order valence-electron chi connectivity index (χ3n) is 3.24. The highest BCUT2D eigenvalue weighted by Crippen LogP contribution is 2.27. The van der Waals surface area contributed by atoms with Crippen molar-refractivity contribution in [2.75, 3.05) is 42.9 Å². The van der Waals surface area contributed by atoms with Crippen LogP contribution in [-0.4, -0.2) is 42.6 Å².